The zero-order valence-electron chi connectivity index (χ0n) is 17.0. The first-order chi connectivity index (χ1) is 15.5. The van der Waals surface area contributed by atoms with Gasteiger partial charge in [0.05, 0.1) is 5.69 Å². The number of hydrogen-bond donors (Lipinski definition) is 3. The molecule has 2 amide bonds. The van der Waals surface area contributed by atoms with Gasteiger partial charge in [0.25, 0.3) is 11.8 Å². The Bertz CT molecular complexity index is 1330. The molecule has 0 radical (unpaired) electrons. The van der Waals surface area contributed by atoms with Crippen molar-refractivity contribution in [1.29, 1.82) is 0 Å². The number of aromatic amines is 1. The maximum absolute atomic E-state index is 12.7. The minimum Gasteiger partial charge on any atom is -0.454 e. The molecule has 0 fully saturated rings. The third-order valence-electron chi connectivity index (χ3n) is 4.82. The van der Waals surface area contributed by atoms with Gasteiger partial charge in [-0.25, -0.2) is 0 Å². The molecule has 0 aliphatic carbocycles. The molecule has 2 aromatic carbocycles. The third-order valence-corrected chi connectivity index (χ3v) is 4.82. The molecule has 0 bridgehead atoms. The lowest BCUT2D eigenvalue weighted by atomic mass is 10.1. The highest BCUT2D eigenvalue weighted by atomic mass is 16.7. The molecule has 160 valence electrons. The van der Waals surface area contributed by atoms with E-state index in [1.807, 2.05) is 12.1 Å². The Morgan fingerprint density at radius 1 is 0.969 bits per heavy atom. The predicted molar refractivity (Wildman–Crippen MR) is 116 cm³/mol. The van der Waals surface area contributed by atoms with Crippen LogP contribution in [-0.4, -0.2) is 38.6 Å². The van der Waals surface area contributed by atoms with Gasteiger partial charge in [0, 0.05) is 30.2 Å². The minimum atomic E-state index is -0.363. The first-order valence-corrected chi connectivity index (χ1v) is 9.73. The normalized spacial score (nSPS) is 11.9. The van der Waals surface area contributed by atoms with Crippen molar-refractivity contribution < 1.29 is 19.1 Å². The summed E-state index contributed by atoms with van der Waals surface area (Å²) >= 11 is 0. The molecule has 0 atom stereocenters. The van der Waals surface area contributed by atoms with Crippen LogP contribution < -0.4 is 20.1 Å². The summed E-state index contributed by atoms with van der Waals surface area (Å²) in [5.41, 5.74) is 3.04. The number of rotatable bonds is 5. The number of aromatic nitrogens is 4. The van der Waals surface area contributed by atoms with E-state index in [4.69, 9.17) is 9.47 Å². The monoisotopic (exact) mass is 430 g/mol. The average molecular weight is 430 g/mol. The molecule has 0 saturated carbocycles. The number of carbonyl (C=O) groups is 2. The largest absolute Gasteiger partial charge is 0.454 e. The van der Waals surface area contributed by atoms with Gasteiger partial charge in [-0.15, -0.1) is 0 Å². The smallest absolute Gasteiger partial charge is 0.276 e. The number of benzene rings is 2. The van der Waals surface area contributed by atoms with Gasteiger partial charge in [-0.05, 0) is 48.5 Å². The zero-order chi connectivity index (χ0) is 22.1. The number of aryl methyl sites for hydroxylation is 1. The van der Waals surface area contributed by atoms with Crippen molar-refractivity contribution in [2.75, 3.05) is 17.4 Å². The van der Waals surface area contributed by atoms with E-state index < -0.39 is 0 Å². The van der Waals surface area contributed by atoms with Crippen LogP contribution in [0.5, 0.6) is 11.5 Å². The summed E-state index contributed by atoms with van der Waals surface area (Å²) in [6.07, 6.45) is 1.69. The van der Waals surface area contributed by atoms with Crippen molar-refractivity contribution in [1.82, 2.24) is 20.0 Å². The Balaban J connectivity index is 1.27. The van der Waals surface area contributed by atoms with E-state index in [2.05, 4.69) is 25.9 Å². The highest BCUT2D eigenvalue weighted by Crippen LogP contribution is 2.35. The molecule has 0 spiro atoms. The average Bonchev–Trinajstić information content (AvgIpc) is 3.54. The fourth-order valence-corrected chi connectivity index (χ4v) is 3.25. The molecule has 3 heterocycles. The van der Waals surface area contributed by atoms with Crippen LogP contribution in [0.25, 0.3) is 11.3 Å². The second-order valence-electron chi connectivity index (χ2n) is 7.10. The molecule has 1 aliphatic rings. The molecule has 1 aliphatic heterocycles. The maximum atomic E-state index is 12.7. The Morgan fingerprint density at radius 2 is 1.75 bits per heavy atom. The molecule has 32 heavy (non-hydrogen) atoms. The van der Waals surface area contributed by atoms with Gasteiger partial charge < -0.3 is 20.1 Å². The van der Waals surface area contributed by atoms with E-state index in [1.54, 1.807) is 60.4 Å². The van der Waals surface area contributed by atoms with Gasteiger partial charge in [0.2, 0.25) is 6.79 Å². The van der Waals surface area contributed by atoms with E-state index in [9.17, 15) is 9.59 Å². The number of nitrogens with one attached hydrogen (secondary N) is 3. The molecule has 4 aromatic rings. The number of H-pyrrole nitrogens is 1. The Hall–Kier alpha value is -4.60. The van der Waals surface area contributed by atoms with Gasteiger partial charge in [-0.1, -0.05) is 6.07 Å². The van der Waals surface area contributed by atoms with Crippen LogP contribution in [0.15, 0.2) is 60.8 Å². The van der Waals surface area contributed by atoms with E-state index in [1.165, 1.54) is 0 Å². The van der Waals surface area contributed by atoms with E-state index in [-0.39, 0.29) is 18.6 Å². The lowest BCUT2D eigenvalue weighted by molar-refractivity contribution is 0.101. The molecule has 5 rings (SSSR count). The summed E-state index contributed by atoms with van der Waals surface area (Å²) in [5.74, 6) is 0.618. The zero-order valence-corrected chi connectivity index (χ0v) is 17.0. The van der Waals surface area contributed by atoms with E-state index in [0.29, 0.717) is 40.0 Å². The van der Waals surface area contributed by atoms with Crippen LogP contribution in [0, 0.1) is 0 Å². The number of amides is 2. The molecule has 2 aromatic heterocycles. The van der Waals surface area contributed by atoms with Gasteiger partial charge in [0.15, 0.2) is 17.2 Å². The molecule has 3 N–H and O–H groups in total. The van der Waals surface area contributed by atoms with Gasteiger partial charge in [-0.3, -0.25) is 19.4 Å². The molecule has 10 nitrogen and oxygen atoms in total. The van der Waals surface area contributed by atoms with E-state index >= 15 is 0 Å². The fourth-order valence-electron chi connectivity index (χ4n) is 3.25. The standard InChI is InChI=1S/C22H18N6O4/c1-28-8-7-16(27-28)21(29)23-14-3-2-4-15(10-14)24-22(30)18-11-17(25-26-18)13-5-6-19-20(9-13)32-12-31-19/h2-11H,12H2,1H3,(H,23,29)(H,24,30)(H,25,26). The first-order valence-electron chi connectivity index (χ1n) is 9.73. The first kappa shape index (κ1) is 19.4. The van der Waals surface area contributed by atoms with Crippen LogP contribution >= 0.6 is 0 Å². The number of ether oxygens (including phenoxy) is 2. The Labute approximate surface area is 182 Å². The Kier molecular flexibility index (Phi) is 4.79. The highest BCUT2D eigenvalue weighted by Gasteiger charge is 2.17. The van der Waals surface area contributed by atoms with Crippen molar-refractivity contribution in [3.63, 3.8) is 0 Å². The summed E-state index contributed by atoms with van der Waals surface area (Å²) in [6.45, 7) is 0.189. The molecule has 10 heteroatoms. The Morgan fingerprint density at radius 3 is 2.53 bits per heavy atom. The fraction of sp³-hybridized carbons (Fsp3) is 0.0909. The predicted octanol–water partition coefficient (Wildman–Crippen LogP) is 3.04. The molecular weight excluding hydrogens is 412 g/mol. The second-order valence-corrected chi connectivity index (χ2v) is 7.10. The van der Waals surface area contributed by atoms with Gasteiger partial charge in [0.1, 0.15) is 5.69 Å². The van der Waals surface area contributed by atoms with Gasteiger partial charge in [-0.2, -0.15) is 10.2 Å². The molecule has 0 saturated heterocycles. The number of anilines is 2. The quantitative estimate of drug-likeness (QED) is 0.447. The topological polar surface area (TPSA) is 123 Å². The third kappa shape index (κ3) is 3.88. The minimum absolute atomic E-state index is 0.189. The number of nitrogens with zero attached hydrogens (tertiary/aromatic N) is 3. The van der Waals surface area contributed by atoms with Crippen LogP contribution in [0.2, 0.25) is 0 Å². The summed E-state index contributed by atoms with van der Waals surface area (Å²) in [6, 6.07) is 15.6. The molecular formula is C22H18N6O4. The number of fused-ring (bicyclic) bond motifs is 1. The second kappa shape index (κ2) is 7.91. The van der Waals surface area contributed by atoms with Crippen LogP contribution in [-0.2, 0) is 7.05 Å². The van der Waals surface area contributed by atoms with Crippen molar-refractivity contribution in [3.05, 3.63) is 72.2 Å². The summed E-state index contributed by atoms with van der Waals surface area (Å²) in [5, 5.41) is 16.6. The lowest BCUT2D eigenvalue weighted by Gasteiger charge is -2.07. The summed E-state index contributed by atoms with van der Waals surface area (Å²) < 4.78 is 12.3. The SMILES string of the molecule is Cn1ccc(C(=O)Nc2cccc(NC(=O)c3cc(-c4ccc5c(c4)OCO5)n[nH]3)c2)n1. The van der Waals surface area contributed by atoms with Gasteiger partial charge >= 0.3 is 0 Å². The van der Waals surface area contributed by atoms with Crippen LogP contribution in [0.4, 0.5) is 11.4 Å². The molecule has 0 unspecified atom stereocenters. The summed E-state index contributed by atoms with van der Waals surface area (Å²) in [4.78, 5) is 25.0. The van der Waals surface area contributed by atoms with Crippen molar-refractivity contribution in [2.24, 2.45) is 7.05 Å². The number of carbonyl (C=O) groups excluding carboxylic acids is 2. The number of hydrogen-bond acceptors (Lipinski definition) is 6. The lowest BCUT2D eigenvalue weighted by Crippen LogP contribution is -2.14. The van der Waals surface area contributed by atoms with Crippen molar-refractivity contribution in [2.45, 2.75) is 0 Å². The van der Waals surface area contributed by atoms with Crippen LogP contribution in [0.3, 0.4) is 0 Å². The summed E-state index contributed by atoms with van der Waals surface area (Å²) in [7, 11) is 1.74. The highest BCUT2D eigenvalue weighted by molar-refractivity contribution is 6.05. The van der Waals surface area contributed by atoms with Crippen LogP contribution in [0.1, 0.15) is 21.0 Å². The van der Waals surface area contributed by atoms with Crippen molar-refractivity contribution >= 4 is 23.2 Å². The van der Waals surface area contributed by atoms with E-state index in [0.717, 1.165) is 5.56 Å². The van der Waals surface area contributed by atoms with Crippen molar-refractivity contribution in [3.8, 4) is 22.8 Å². The maximum Gasteiger partial charge on any atom is 0.276 e.